The van der Waals surface area contributed by atoms with Crippen LogP contribution in [-0.2, 0) is 9.84 Å². The number of hydrazine groups is 1. The van der Waals surface area contributed by atoms with Gasteiger partial charge in [-0.1, -0.05) is 22.7 Å². The Hall–Kier alpha value is -0.690. The molecule has 0 atom stereocenters. The summed E-state index contributed by atoms with van der Waals surface area (Å²) in [5.74, 6) is 5.72. The van der Waals surface area contributed by atoms with Gasteiger partial charge in [-0.25, -0.2) is 19.3 Å². The van der Waals surface area contributed by atoms with Gasteiger partial charge in [0.15, 0.2) is 3.92 Å². The van der Waals surface area contributed by atoms with Gasteiger partial charge in [-0.2, -0.15) is 0 Å². The molecule has 2 N–H and O–H groups in total. The Kier molecular flexibility index (Phi) is 3.40. The number of rotatable bonds is 3. The lowest BCUT2D eigenvalue weighted by molar-refractivity contribution is 0.600. The van der Waals surface area contributed by atoms with E-state index in [4.69, 9.17) is 5.84 Å². The Morgan fingerprint density at radius 2 is 1.76 bits per heavy atom. The highest BCUT2D eigenvalue weighted by Crippen LogP contribution is 2.30. The van der Waals surface area contributed by atoms with E-state index in [1.165, 1.54) is 11.3 Å². The first-order valence-corrected chi connectivity index (χ1v) is 8.27. The van der Waals surface area contributed by atoms with Crippen molar-refractivity contribution in [2.24, 2.45) is 5.84 Å². The zero-order valence-electron chi connectivity index (χ0n) is 8.23. The van der Waals surface area contributed by atoms with Crippen molar-refractivity contribution in [3.63, 3.8) is 0 Å². The first kappa shape index (κ1) is 12.8. The van der Waals surface area contributed by atoms with E-state index in [2.05, 4.69) is 36.3 Å². The maximum absolute atomic E-state index is 11.2. The standard InChI is InChI=1S/C5H5BrN6O2S3/c1-17(13,14)5-11-10-4(16-5)12(7)3-9-8-2(6)15-3/h7H2,1H3. The molecular formula is C5H5BrN6O2S3. The molecule has 2 heterocycles. The van der Waals surface area contributed by atoms with Gasteiger partial charge in [0.2, 0.25) is 24.4 Å². The normalized spacial score (nSPS) is 11.7. The molecule has 0 spiro atoms. The molecule has 0 bridgehead atoms. The fourth-order valence-electron chi connectivity index (χ4n) is 0.827. The molecule has 12 heteroatoms. The highest BCUT2D eigenvalue weighted by Gasteiger charge is 2.19. The van der Waals surface area contributed by atoms with Gasteiger partial charge < -0.3 is 0 Å². The molecule has 2 aromatic rings. The lowest BCUT2D eigenvalue weighted by Crippen LogP contribution is -2.24. The monoisotopic (exact) mass is 356 g/mol. The van der Waals surface area contributed by atoms with Crippen molar-refractivity contribution in [2.45, 2.75) is 4.34 Å². The molecule has 0 saturated carbocycles. The number of sulfone groups is 1. The van der Waals surface area contributed by atoms with E-state index in [9.17, 15) is 8.42 Å². The fraction of sp³-hybridized carbons (Fsp3) is 0.200. The van der Waals surface area contributed by atoms with Crippen molar-refractivity contribution in [3.8, 4) is 0 Å². The van der Waals surface area contributed by atoms with Gasteiger partial charge in [0.1, 0.15) is 0 Å². The Morgan fingerprint density at radius 1 is 1.18 bits per heavy atom. The zero-order chi connectivity index (χ0) is 12.6. The molecule has 17 heavy (non-hydrogen) atoms. The van der Waals surface area contributed by atoms with E-state index in [0.29, 0.717) is 9.05 Å². The summed E-state index contributed by atoms with van der Waals surface area (Å²) in [6.45, 7) is 0. The van der Waals surface area contributed by atoms with Crippen molar-refractivity contribution >= 4 is 58.7 Å². The van der Waals surface area contributed by atoms with Crippen LogP contribution in [-0.4, -0.2) is 35.1 Å². The van der Waals surface area contributed by atoms with Crippen molar-refractivity contribution in [1.29, 1.82) is 0 Å². The number of nitrogens with two attached hydrogens (primary N) is 1. The summed E-state index contributed by atoms with van der Waals surface area (Å²) in [5, 5.41) is 16.5. The van der Waals surface area contributed by atoms with E-state index >= 15 is 0 Å². The molecule has 0 amide bonds. The summed E-state index contributed by atoms with van der Waals surface area (Å²) in [6, 6.07) is 0. The van der Waals surface area contributed by atoms with Crippen LogP contribution in [0.3, 0.4) is 0 Å². The number of anilines is 2. The summed E-state index contributed by atoms with van der Waals surface area (Å²) in [4.78, 5) is 0. The van der Waals surface area contributed by atoms with Crippen LogP contribution >= 0.6 is 38.6 Å². The molecule has 0 aliphatic carbocycles. The lowest BCUT2D eigenvalue weighted by atomic mass is 11.0. The second-order valence-corrected chi connectivity index (χ2v) is 8.21. The van der Waals surface area contributed by atoms with Crippen molar-refractivity contribution in [1.82, 2.24) is 20.4 Å². The van der Waals surface area contributed by atoms with Gasteiger partial charge in [0.25, 0.3) is 0 Å². The molecule has 0 aromatic carbocycles. The number of aromatic nitrogens is 4. The van der Waals surface area contributed by atoms with Gasteiger partial charge in [0, 0.05) is 6.26 Å². The van der Waals surface area contributed by atoms with Gasteiger partial charge in [-0.15, -0.1) is 20.4 Å². The van der Waals surface area contributed by atoms with E-state index in [1.807, 2.05) is 0 Å². The fourth-order valence-corrected chi connectivity index (χ4v) is 3.42. The first-order valence-electron chi connectivity index (χ1n) is 3.95. The molecule has 0 aliphatic heterocycles. The van der Waals surface area contributed by atoms with Crippen molar-refractivity contribution < 1.29 is 8.42 Å². The van der Waals surface area contributed by atoms with E-state index in [1.54, 1.807) is 0 Å². The summed E-state index contributed by atoms with van der Waals surface area (Å²) in [5.41, 5.74) is 0. The minimum atomic E-state index is -3.37. The molecule has 92 valence electrons. The topological polar surface area (TPSA) is 115 Å². The minimum Gasteiger partial charge on any atom is -0.239 e. The van der Waals surface area contributed by atoms with Crippen molar-refractivity contribution in [2.75, 3.05) is 11.3 Å². The third kappa shape index (κ3) is 2.77. The summed E-state index contributed by atoms with van der Waals surface area (Å²) in [7, 11) is -3.37. The van der Waals surface area contributed by atoms with Gasteiger partial charge in [-0.05, 0) is 15.9 Å². The van der Waals surface area contributed by atoms with Crippen LogP contribution in [0.15, 0.2) is 8.26 Å². The lowest BCUT2D eigenvalue weighted by Gasteiger charge is -2.07. The summed E-state index contributed by atoms with van der Waals surface area (Å²) < 4.78 is 22.9. The molecule has 2 rings (SSSR count). The summed E-state index contributed by atoms with van der Waals surface area (Å²) >= 11 is 5.20. The first-order chi connectivity index (χ1) is 7.88. The molecule has 0 aliphatic rings. The van der Waals surface area contributed by atoms with Gasteiger partial charge >= 0.3 is 0 Å². The Bertz CT molecular complexity index is 636. The predicted octanol–water partition coefficient (Wildman–Crippen LogP) is 0.567. The average Bonchev–Trinajstić information content (AvgIpc) is 2.83. The smallest absolute Gasteiger partial charge is 0.234 e. The zero-order valence-corrected chi connectivity index (χ0v) is 12.3. The van der Waals surface area contributed by atoms with E-state index in [0.717, 1.165) is 22.6 Å². The Labute approximate surface area is 113 Å². The van der Waals surface area contributed by atoms with E-state index in [-0.39, 0.29) is 9.47 Å². The van der Waals surface area contributed by atoms with Crippen LogP contribution in [0, 0.1) is 0 Å². The largest absolute Gasteiger partial charge is 0.239 e. The predicted molar refractivity (Wildman–Crippen MR) is 67.0 cm³/mol. The molecule has 0 radical (unpaired) electrons. The SMILES string of the molecule is CS(=O)(=O)c1nnc(N(N)c2nnc(Br)s2)s1. The Balaban J connectivity index is 2.32. The van der Waals surface area contributed by atoms with Crippen LogP contribution in [0.25, 0.3) is 0 Å². The number of nitrogens with zero attached hydrogens (tertiary/aromatic N) is 5. The molecule has 0 saturated heterocycles. The second-order valence-electron chi connectivity index (χ2n) is 2.83. The van der Waals surface area contributed by atoms with Crippen LogP contribution in [0.4, 0.5) is 10.3 Å². The third-order valence-corrected chi connectivity index (χ3v) is 5.46. The quantitative estimate of drug-likeness (QED) is 0.626. The molecule has 0 fully saturated rings. The highest BCUT2D eigenvalue weighted by molar-refractivity contribution is 9.11. The van der Waals surface area contributed by atoms with E-state index < -0.39 is 9.84 Å². The molecule has 2 aromatic heterocycles. The molecule has 8 nitrogen and oxygen atoms in total. The van der Waals surface area contributed by atoms with Crippen molar-refractivity contribution in [3.05, 3.63) is 3.92 Å². The average molecular weight is 357 g/mol. The van der Waals surface area contributed by atoms with Crippen LogP contribution < -0.4 is 10.9 Å². The number of halogens is 1. The van der Waals surface area contributed by atoms with Gasteiger partial charge in [-0.3, -0.25) is 0 Å². The number of hydrogen-bond donors (Lipinski definition) is 1. The van der Waals surface area contributed by atoms with Crippen LogP contribution in [0.2, 0.25) is 0 Å². The maximum atomic E-state index is 11.2. The Morgan fingerprint density at radius 3 is 2.24 bits per heavy atom. The second kappa shape index (κ2) is 4.53. The third-order valence-electron chi connectivity index (χ3n) is 1.51. The maximum Gasteiger partial charge on any atom is 0.234 e. The summed E-state index contributed by atoms with van der Waals surface area (Å²) in [6.07, 6.45) is 1.06. The number of hydrogen-bond acceptors (Lipinski definition) is 10. The highest BCUT2D eigenvalue weighted by atomic mass is 79.9. The van der Waals surface area contributed by atoms with Gasteiger partial charge in [0.05, 0.1) is 0 Å². The minimum absolute atomic E-state index is 0.0912. The van der Waals surface area contributed by atoms with Crippen LogP contribution in [0.5, 0.6) is 0 Å². The molecular weight excluding hydrogens is 352 g/mol. The van der Waals surface area contributed by atoms with Crippen LogP contribution in [0.1, 0.15) is 0 Å². The molecule has 0 unspecified atom stereocenters.